The molecule has 0 spiro atoms. The average molecular weight is 338 g/mol. The Morgan fingerprint density at radius 2 is 2.08 bits per heavy atom. The molecule has 1 amide bonds. The molecule has 3 rings (SSSR count). The molecule has 0 saturated heterocycles. The van der Waals surface area contributed by atoms with Crippen LogP contribution in [-0.2, 0) is 6.54 Å². The van der Waals surface area contributed by atoms with E-state index in [-0.39, 0.29) is 12.1 Å². The van der Waals surface area contributed by atoms with Gasteiger partial charge in [-0.15, -0.1) is 0 Å². The number of hydrogen-bond acceptors (Lipinski definition) is 5. The van der Waals surface area contributed by atoms with Gasteiger partial charge in [0.1, 0.15) is 17.1 Å². The van der Waals surface area contributed by atoms with Crippen molar-refractivity contribution >= 4 is 11.7 Å². The van der Waals surface area contributed by atoms with Gasteiger partial charge in [0.2, 0.25) is 0 Å². The maximum Gasteiger partial charge on any atom is 0.261 e. The van der Waals surface area contributed by atoms with Crippen LogP contribution in [0.15, 0.2) is 58.1 Å². The van der Waals surface area contributed by atoms with Gasteiger partial charge in [0, 0.05) is 32.4 Å². The molecular weight excluding hydrogens is 320 g/mol. The normalized spacial score (nSPS) is 10.5. The molecule has 0 aliphatic carbocycles. The average Bonchev–Trinajstić information content (AvgIpc) is 3.14. The summed E-state index contributed by atoms with van der Waals surface area (Å²) in [5, 5.41) is 2.76. The second-order valence-corrected chi connectivity index (χ2v) is 5.66. The van der Waals surface area contributed by atoms with Gasteiger partial charge in [-0.2, -0.15) is 0 Å². The zero-order valence-electron chi connectivity index (χ0n) is 13.9. The third kappa shape index (κ3) is 3.60. The second-order valence-electron chi connectivity index (χ2n) is 5.66. The monoisotopic (exact) mass is 338 g/mol. The van der Waals surface area contributed by atoms with Gasteiger partial charge in [-0.25, -0.2) is 4.98 Å². The van der Waals surface area contributed by atoms with E-state index in [1.807, 2.05) is 25.1 Å². The van der Waals surface area contributed by atoms with Crippen LogP contribution in [0.4, 0.5) is 5.82 Å². The second kappa shape index (κ2) is 7.04. The van der Waals surface area contributed by atoms with E-state index in [1.54, 1.807) is 30.5 Å². The smallest absolute Gasteiger partial charge is 0.261 e. The number of amides is 1. The lowest BCUT2D eigenvalue weighted by Crippen LogP contribution is -2.30. The van der Waals surface area contributed by atoms with Crippen molar-refractivity contribution in [1.29, 1.82) is 0 Å². The van der Waals surface area contributed by atoms with Crippen LogP contribution in [0.25, 0.3) is 11.5 Å². The topological polar surface area (TPSA) is 91.2 Å². The largest absolute Gasteiger partial charge is 0.463 e. The first-order valence-electron chi connectivity index (χ1n) is 7.73. The third-order valence-corrected chi connectivity index (χ3v) is 3.67. The van der Waals surface area contributed by atoms with E-state index in [0.717, 1.165) is 11.4 Å². The summed E-state index contributed by atoms with van der Waals surface area (Å²) < 4.78 is 5.23. The molecule has 3 aromatic rings. The highest BCUT2D eigenvalue weighted by Gasteiger charge is 2.13. The number of aromatic nitrogens is 2. The first-order chi connectivity index (χ1) is 12.1. The number of carbonyl (C=O) groups is 1. The lowest BCUT2D eigenvalue weighted by atomic mass is 10.2. The molecule has 128 valence electrons. The molecule has 0 aliphatic rings. The summed E-state index contributed by atoms with van der Waals surface area (Å²) in [6, 6.07) is 10.3. The number of rotatable bonds is 5. The molecule has 0 unspecified atom stereocenters. The first kappa shape index (κ1) is 16.5. The van der Waals surface area contributed by atoms with Crippen LogP contribution in [0, 0.1) is 0 Å². The van der Waals surface area contributed by atoms with E-state index < -0.39 is 11.5 Å². The van der Waals surface area contributed by atoms with Crippen molar-refractivity contribution in [3.8, 4) is 11.5 Å². The Morgan fingerprint density at radius 1 is 1.24 bits per heavy atom. The Kier molecular flexibility index (Phi) is 4.65. The van der Waals surface area contributed by atoms with Crippen molar-refractivity contribution in [3.63, 3.8) is 0 Å². The number of H-pyrrole nitrogens is 1. The van der Waals surface area contributed by atoms with Crippen LogP contribution in [-0.4, -0.2) is 30.0 Å². The van der Waals surface area contributed by atoms with Gasteiger partial charge in [-0.3, -0.25) is 9.59 Å². The number of nitrogens with zero attached hydrogens (tertiary/aromatic N) is 2. The summed E-state index contributed by atoms with van der Waals surface area (Å²) in [7, 11) is 3.76. The number of pyridine rings is 2. The molecule has 25 heavy (non-hydrogen) atoms. The van der Waals surface area contributed by atoms with E-state index in [2.05, 4.69) is 15.3 Å². The minimum absolute atomic E-state index is 0.0469. The Bertz CT molecular complexity index is 929. The summed E-state index contributed by atoms with van der Waals surface area (Å²) in [5.41, 5.74) is 0.967. The lowest BCUT2D eigenvalue weighted by molar-refractivity contribution is 0.0949. The van der Waals surface area contributed by atoms with Crippen LogP contribution in [0.5, 0.6) is 0 Å². The van der Waals surface area contributed by atoms with E-state index in [0.29, 0.717) is 11.5 Å². The molecule has 7 heteroatoms. The summed E-state index contributed by atoms with van der Waals surface area (Å²) in [6.07, 6.45) is 3.21. The zero-order valence-corrected chi connectivity index (χ0v) is 13.9. The van der Waals surface area contributed by atoms with Crippen molar-refractivity contribution in [3.05, 3.63) is 70.3 Å². The standard InChI is InChI=1S/C18H18N4O3/c1-22(2)16-12(5-3-9-19-16)11-20-17(23)13-7-8-14(21-18(13)24)15-6-4-10-25-15/h3-10H,11H2,1-2H3,(H,20,23)(H,21,24). The highest BCUT2D eigenvalue weighted by molar-refractivity contribution is 5.94. The number of aromatic amines is 1. The number of anilines is 1. The first-order valence-corrected chi connectivity index (χ1v) is 7.73. The quantitative estimate of drug-likeness (QED) is 0.743. The van der Waals surface area contributed by atoms with Crippen LogP contribution < -0.4 is 15.8 Å². The van der Waals surface area contributed by atoms with Gasteiger partial charge in [0.05, 0.1) is 12.0 Å². The number of furan rings is 1. The van der Waals surface area contributed by atoms with Crippen LogP contribution >= 0.6 is 0 Å². The van der Waals surface area contributed by atoms with Gasteiger partial charge in [-0.1, -0.05) is 6.07 Å². The van der Waals surface area contributed by atoms with Crippen molar-refractivity contribution in [2.75, 3.05) is 19.0 Å². The van der Waals surface area contributed by atoms with Gasteiger partial charge < -0.3 is 19.6 Å². The molecule has 0 fully saturated rings. The molecule has 2 N–H and O–H groups in total. The molecule has 3 aromatic heterocycles. The highest BCUT2D eigenvalue weighted by Crippen LogP contribution is 2.16. The zero-order chi connectivity index (χ0) is 17.8. The van der Waals surface area contributed by atoms with Crippen molar-refractivity contribution < 1.29 is 9.21 Å². The summed E-state index contributed by atoms with van der Waals surface area (Å²) in [5.74, 6) is 0.862. The molecular formula is C18H18N4O3. The van der Waals surface area contributed by atoms with Gasteiger partial charge in [0.25, 0.3) is 11.5 Å². The maximum absolute atomic E-state index is 12.3. The predicted molar refractivity (Wildman–Crippen MR) is 94.5 cm³/mol. The molecule has 0 bridgehead atoms. The van der Waals surface area contributed by atoms with Gasteiger partial charge >= 0.3 is 0 Å². The minimum Gasteiger partial charge on any atom is -0.463 e. The fraction of sp³-hybridized carbons (Fsp3) is 0.167. The summed E-state index contributed by atoms with van der Waals surface area (Å²) in [6.45, 7) is 0.277. The Labute approximate surface area is 144 Å². The third-order valence-electron chi connectivity index (χ3n) is 3.67. The molecule has 0 aliphatic heterocycles. The number of hydrogen-bond donors (Lipinski definition) is 2. The van der Waals surface area contributed by atoms with Crippen LogP contribution in [0.1, 0.15) is 15.9 Å². The van der Waals surface area contributed by atoms with Gasteiger partial charge in [-0.05, 0) is 30.3 Å². The van der Waals surface area contributed by atoms with E-state index in [4.69, 9.17) is 4.42 Å². The number of nitrogens with one attached hydrogen (secondary N) is 2. The molecule has 0 atom stereocenters. The van der Waals surface area contributed by atoms with E-state index in [9.17, 15) is 9.59 Å². The number of carbonyl (C=O) groups excluding carboxylic acids is 1. The maximum atomic E-state index is 12.3. The fourth-order valence-electron chi connectivity index (χ4n) is 2.47. The molecule has 0 saturated carbocycles. The SMILES string of the molecule is CN(C)c1ncccc1CNC(=O)c1ccc(-c2ccco2)[nH]c1=O. The van der Waals surface area contributed by atoms with Crippen molar-refractivity contribution in [2.45, 2.75) is 6.54 Å². The fourth-order valence-corrected chi connectivity index (χ4v) is 2.47. The van der Waals surface area contributed by atoms with Crippen LogP contribution in [0.3, 0.4) is 0 Å². The van der Waals surface area contributed by atoms with E-state index in [1.165, 1.54) is 12.3 Å². The summed E-state index contributed by atoms with van der Waals surface area (Å²) >= 11 is 0. The predicted octanol–water partition coefficient (Wildman–Crippen LogP) is 2.03. The minimum atomic E-state index is -0.467. The molecule has 0 aromatic carbocycles. The van der Waals surface area contributed by atoms with Gasteiger partial charge in [0.15, 0.2) is 0 Å². The van der Waals surface area contributed by atoms with Crippen molar-refractivity contribution in [1.82, 2.24) is 15.3 Å². The highest BCUT2D eigenvalue weighted by atomic mass is 16.3. The van der Waals surface area contributed by atoms with E-state index >= 15 is 0 Å². The van der Waals surface area contributed by atoms with Crippen LogP contribution in [0.2, 0.25) is 0 Å². The lowest BCUT2D eigenvalue weighted by Gasteiger charge is -2.16. The molecule has 0 radical (unpaired) electrons. The Hall–Kier alpha value is -3.35. The Morgan fingerprint density at radius 3 is 2.76 bits per heavy atom. The molecule has 3 heterocycles. The Balaban J connectivity index is 1.75. The van der Waals surface area contributed by atoms with Crippen molar-refractivity contribution in [2.24, 2.45) is 0 Å². The summed E-state index contributed by atoms with van der Waals surface area (Å²) in [4.78, 5) is 33.3. The molecule has 7 nitrogen and oxygen atoms in total.